The standard InChI is InChI=1S/C13H11Cl3N2O3S.C5H5N.C2H4O2.Pd/c14-13(15,16)9-21-22(19,20)18-12-7-2-1-5-10(12)11-6-3-4-8-17-11;1-2-4-6-5-3-1;1-2(3)4;/h1-8,18H,9H2;1-5H;1H3,(H,3,4);. The molecule has 182 valence electrons. The van der Waals surface area contributed by atoms with Crippen LogP contribution in [0.4, 0.5) is 5.69 Å². The first-order chi connectivity index (χ1) is 15.0. The van der Waals surface area contributed by atoms with Crippen molar-refractivity contribution in [3.63, 3.8) is 0 Å². The van der Waals surface area contributed by atoms with Crippen LogP contribution >= 0.6 is 34.8 Å². The van der Waals surface area contributed by atoms with E-state index in [-0.39, 0.29) is 20.4 Å². The average molecular weight is 627 g/mol. The normalized spacial score (nSPS) is 10.3. The summed E-state index contributed by atoms with van der Waals surface area (Å²) in [6.07, 6.45) is 5.11. The van der Waals surface area contributed by atoms with Crippen molar-refractivity contribution in [2.45, 2.75) is 10.7 Å². The number of halogens is 3. The fraction of sp³-hybridized carbons (Fsp3) is 0.150. The first kappa shape index (κ1) is 31.2. The molecule has 0 saturated carbocycles. The molecule has 0 saturated heterocycles. The van der Waals surface area contributed by atoms with E-state index in [9.17, 15) is 8.42 Å². The third-order valence-corrected chi connectivity index (χ3v) is 4.27. The Hall–Kier alpha value is -1.77. The average Bonchev–Trinajstić information content (AvgIpc) is 2.74. The molecule has 33 heavy (non-hydrogen) atoms. The minimum atomic E-state index is -4.13. The number of nitrogens with zero attached hydrogens (tertiary/aromatic N) is 2. The molecule has 13 heteroatoms. The maximum Gasteiger partial charge on any atom is 0.360 e. The van der Waals surface area contributed by atoms with Gasteiger partial charge in [0.25, 0.3) is 5.97 Å². The fourth-order valence-corrected chi connectivity index (χ4v) is 3.13. The van der Waals surface area contributed by atoms with Gasteiger partial charge in [0.15, 0.2) is 0 Å². The molecule has 0 aliphatic heterocycles. The number of rotatable bonds is 5. The number of alkyl halides is 3. The van der Waals surface area contributed by atoms with Crippen molar-refractivity contribution in [2.75, 3.05) is 11.3 Å². The molecule has 2 heterocycles. The van der Waals surface area contributed by atoms with E-state index in [0.717, 1.165) is 6.92 Å². The van der Waals surface area contributed by atoms with Crippen LogP contribution < -0.4 is 4.72 Å². The van der Waals surface area contributed by atoms with Crippen LogP contribution in [0.5, 0.6) is 0 Å². The maximum absolute atomic E-state index is 11.9. The van der Waals surface area contributed by atoms with Gasteiger partial charge in [-0.05, 0) is 30.3 Å². The van der Waals surface area contributed by atoms with Crippen molar-refractivity contribution >= 4 is 56.8 Å². The third-order valence-electron chi connectivity index (χ3n) is 3.05. The molecule has 3 rings (SSSR count). The Morgan fingerprint density at radius 1 is 1.00 bits per heavy atom. The van der Waals surface area contributed by atoms with Gasteiger partial charge in [0.2, 0.25) is 3.79 Å². The van der Waals surface area contributed by atoms with Crippen LogP contribution in [0.1, 0.15) is 6.92 Å². The molecule has 0 fully saturated rings. The monoisotopic (exact) mass is 625 g/mol. The van der Waals surface area contributed by atoms with Crippen LogP contribution in [-0.4, -0.2) is 39.9 Å². The summed E-state index contributed by atoms with van der Waals surface area (Å²) in [4.78, 5) is 17.0. The van der Waals surface area contributed by atoms with E-state index in [2.05, 4.69) is 18.9 Å². The molecule has 2 N–H and O–H groups in total. The molecular formula is C20H20Cl3N3O5PdS. The Balaban J connectivity index is 0.000000773. The van der Waals surface area contributed by atoms with Crippen molar-refractivity contribution in [3.8, 4) is 11.3 Å². The predicted molar refractivity (Wildman–Crippen MR) is 126 cm³/mol. The van der Waals surface area contributed by atoms with Crippen molar-refractivity contribution < 1.29 is 42.9 Å². The van der Waals surface area contributed by atoms with Crippen LogP contribution in [0.25, 0.3) is 11.3 Å². The quantitative estimate of drug-likeness (QED) is 0.303. The fourth-order valence-electron chi connectivity index (χ4n) is 1.94. The van der Waals surface area contributed by atoms with Gasteiger partial charge in [-0.2, -0.15) is 8.42 Å². The van der Waals surface area contributed by atoms with Gasteiger partial charge in [0, 0.05) is 51.5 Å². The minimum absolute atomic E-state index is 0. The number of carboxylic acids is 1. The number of aromatic nitrogens is 2. The predicted octanol–water partition coefficient (Wildman–Crippen LogP) is 4.96. The van der Waals surface area contributed by atoms with Crippen LogP contribution in [0, 0.1) is 0 Å². The number of anilines is 1. The summed E-state index contributed by atoms with van der Waals surface area (Å²) in [7, 11) is -4.13. The first-order valence-corrected chi connectivity index (χ1v) is 11.3. The summed E-state index contributed by atoms with van der Waals surface area (Å²) in [5, 5.41) is 7.42. The van der Waals surface area contributed by atoms with E-state index in [1.165, 1.54) is 0 Å². The molecule has 0 spiro atoms. The number of aliphatic carboxylic acids is 1. The molecule has 1 aromatic carbocycles. The molecule has 0 amide bonds. The smallest absolute Gasteiger partial charge is 0.360 e. The number of carboxylic acid groups (broad SMARTS) is 1. The van der Waals surface area contributed by atoms with Gasteiger partial charge >= 0.3 is 10.3 Å². The van der Waals surface area contributed by atoms with Crippen LogP contribution in [0.2, 0.25) is 0 Å². The van der Waals surface area contributed by atoms with Gasteiger partial charge in [-0.1, -0.05) is 65.1 Å². The largest absolute Gasteiger partial charge is 0.481 e. The number of pyridine rings is 2. The van der Waals surface area contributed by atoms with Gasteiger partial charge in [-0.25, -0.2) is 4.18 Å². The summed E-state index contributed by atoms with van der Waals surface area (Å²) < 4.78 is 28.9. The number of carbonyl (C=O) groups is 1. The van der Waals surface area contributed by atoms with Crippen molar-refractivity contribution in [1.82, 2.24) is 9.97 Å². The molecule has 0 atom stereocenters. The van der Waals surface area contributed by atoms with Gasteiger partial charge in [0.05, 0.1) is 11.4 Å². The second-order valence-corrected chi connectivity index (χ2v) is 9.60. The first-order valence-electron chi connectivity index (χ1n) is 8.79. The van der Waals surface area contributed by atoms with E-state index < -0.39 is 26.7 Å². The maximum atomic E-state index is 11.9. The second-order valence-electron chi connectivity index (χ2n) is 5.74. The Kier molecular flexibility index (Phi) is 15.1. The third kappa shape index (κ3) is 15.7. The van der Waals surface area contributed by atoms with E-state index in [1.54, 1.807) is 61.1 Å². The number of benzene rings is 1. The number of hydrogen-bond acceptors (Lipinski definition) is 6. The number of nitrogens with one attached hydrogen (secondary N) is 1. The van der Waals surface area contributed by atoms with Crippen LogP contribution in [0.3, 0.4) is 0 Å². The summed E-state index contributed by atoms with van der Waals surface area (Å²) in [6, 6.07) is 17.8. The summed E-state index contributed by atoms with van der Waals surface area (Å²) in [5.74, 6) is -0.833. The summed E-state index contributed by atoms with van der Waals surface area (Å²) in [5.41, 5.74) is 1.52. The molecule has 0 unspecified atom stereocenters. The van der Waals surface area contributed by atoms with E-state index in [4.69, 9.17) is 44.7 Å². The Labute approximate surface area is 221 Å². The second kappa shape index (κ2) is 16.0. The van der Waals surface area contributed by atoms with Gasteiger partial charge in [0.1, 0.15) is 6.61 Å². The van der Waals surface area contributed by atoms with Gasteiger partial charge in [-0.15, -0.1) is 0 Å². The molecule has 0 bridgehead atoms. The van der Waals surface area contributed by atoms with Gasteiger partial charge in [-0.3, -0.25) is 19.5 Å². The topological polar surface area (TPSA) is 118 Å². The summed E-state index contributed by atoms with van der Waals surface area (Å²) >= 11 is 16.4. The Bertz CT molecular complexity index is 1030. The van der Waals surface area contributed by atoms with Crippen molar-refractivity contribution in [2.24, 2.45) is 0 Å². The molecular weight excluding hydrogens is 607 g/mol. The van der Waals surface area contributed by atoms with Crippen molar-refractivity contribution in [3.05, 3.63) is 79.3 Å². The number of hydrogen-bond donors (Lipinski definition) is 2. The zero-order valence-corrected chi connectivity index (χ0v) is 21.7. The van der Waals surface area contributed by atoms with E-state index >= 15 is 0 Å². The van der Waals surface area contributed by atoms with Crippen molar-refractivity contribution in [1.29, 1.82) is 0 Å². The zero-order chi connectivity index (χ0) is 24.0. The van der Waals surface area contributed by atoms with E-state index in [0.29, 0.717) is 16.9 Å². The molecule has 3 aromatic rings. The number of para-hydroxylation sites is 1. The Morgan fingerprint density at radius 3 is 2.00 bits per heavy atom. The van der Waals surface area contributed by atoms with Crippen LogP contribution in [0.15, 0.2) is 79.3 Å². The molecule has 0 aliphatic carbocycles. The Morgan fingerprint density at radius 2 is 1.55 bits per heavy atom. The molecule has 8 nitrogen and oxygen atoms in total. The molecule has 0 radical (unpaired) electrons. The van der Waals surface area contributed by atoms with Crippen LogP contribution in [-0.2, 0) is 39.7 Å². The molecule has 2 aromatic heterocycles. The zero-order valence-electron chi connectivity index (χ0n) is 17.0. The summed E-state index contributed by atoms with van der Waals surface area (Å²) in [6.45, 7) is 0.485. The minimum Gasteiger partial charge on any atom is -0.481 e. The van der Waals surface area contributed by atoms with Gasteiger partial charge < -0.3 is 5.11 Å². The molecule has 0 aliphatic rings. The van der Waals surface area contributed by atoms with E-state index in [1.807, 2.05) is 18.2 Å². The SMILES string of the molecule is CC(=O)O.O=S(=O)(Nc1ccccc1-c1ccccn1)OCC(Cl)(Cl)Cl.[Pd].c1ccncc1.